The predicted molar refractivity (Wildman–Crippen MR) is 82.5 cm³/mol. The van der Waals surface area contributed by atoms with E-state index >= 15 is 0 Å². The van der Waals surface area contributed by atoms with Crippen molar-refractivity contribution in [3.8, 4) is 24.6 Å². The molecule has 136 valence electrons. The van der Waals surface area contributed by atoms with Crippen LogP contribution < -0.4 is 0 Å². The summed E-state index contributed by atoms with van der Waals surface area (Å²) in [6, 6.07) is 0. The summed E-state index contributed by atoms with van der Waals surface area (Å²) >= 11 is 0. The van der Waals surface area contributed by atoms with Gasteiger partial charge in [0.2, 0.25) is 0 Å². The van der Waals surface area contributed by atoms with Gasteiger partial charge in [0.25, 0.3) is 0 Å². The molecule has 0 aromatic carbocycles. The molecule has 0 saturated carbocycles. The molecule has 0 aromatic rings. The Morgan fingerprint density at radius 1 is 0.480 bits per heavy atom. The zero-order chi connectivity index (χ0) is 18.6. The summed E-state index contributed by atoms with van der Waals surface area (Å²) in [6.45, 7) is 1.47. The Hall–Kier alpha value is -1.20. The maximum absolute atomic E-state index is 10.3. The Morgan fingerprint density at radius 2 is 0.720 bits per heavy atom. The molecule has 0 spiro atoms. The first-order chi connectivity index (χ1) is 12.2. The molecular weight excluding hydrogens is 332 g/mol. The van der Waals surface area contributed by atoms with E-state index in [1.54, 1.807) is 24.6 Å². The molecule has 0 fully saturated rings. The maximum atomic E-state index is 10.3. The van der Waals surface area contributed by atoms with Crippen LogP contribution in [0.2, 0.25) is 0 Å². The normalized spacial score (nSPS) is 10.4. The van der Waals surface area contributed by atoms with E-state index in [9.17, 15) is 18.6 Å². The molecule has 8 nitrogen and oxygen atoms in total. The van der Waals surface area contributed by atoms with Crippen LogP contribution in [-0.4, -0.2) is 52.9 Å². The molecular formula is C17H24O8+4. The van der Waals surface area contributed by atoms with Gasteiger partial charge in [-0.05, 0) is 0 Å². The molecule has 0 unspecified atom stereocenters. The van der Waals surface area contributed by atoms with E-state index in [4.69, 9.17) is 18.9 Å². The van der Waals surface area contributed by atoms with Crippen LogP contribution in [0, 0.1) is 30.0 Å². The van der Waals surface area contributed by atoms with Crippen LogP contribution in [0.25, 0.3) is 0 Å². The van der Waals surface area contributed by atoms with Gasteiger partial charge < -0.3 is 0 Å². The second-order valence-corrected chi connectivity index (χ2v) is 5.29. The zero-order valence-corrected chi connectivity index (χ0v) is 14.3. The average Bonchev–Trinajstić information content (AvgIpc) is 2.63. The molecule has 0 aromatic heterocycles. The molecule has 0 bridgehead atoms. The minimum atomic E-state index is -0.711. The van der Waals surface area contributed by atoms with Gasteiger partial charge in [-0.2, -0.15) is 0 Å². The summed E-state index contributed by atoms with van der Waals surface area (Å²) in [5, 5.41) is 0. The van der Waals surface area contributed by atoms with Crippen LogP contribution in [-0.2, 0) is 37.6 Å². The predicted octanol–water partition coefficient (Wildman–Crippen LogP) is 1.16. The van der Waals surface area contributed by atoms with Gasteiger partial charge in [0.05, 0.1) is 0 Å². The van der Waals surface area contributed by atoms with E-state index in [1.165, 1.54) is 0 Å². The number of hydrogen-bond acceptors (Lipinski definition) is 4. The van der Waals surface area contributed by atoms with Crippen molar-refractivity contribution in [2.24, 2.45) is 5.41 Å². The molecule has 0 aliphatic heterocycles. The van der Waals surface area contributed by atoms with Crippen molar-refractivity contribution in [2.45, 2.75) is 25.7 Å². The molecule has 0 aliphatic rings. The van der Waals surface area contributed by atoms with Gasteiger partial charge in [-0.25, -0.2) is 0 Å². The molecule has 0 rings (SSSR count). The molecule has 0 N–H and O–H groups in total. The van der Waals surface area contributed by atoms with Crippen molar-refractivity contribution in [3.05, 3.63) is 0 Å². The Labute approximate surface area is 147 Å². The third-order valence-electron chi connectivity index (χ3n) is 3.03. The van der Waals surface area contributed by atoms with Gasteiger partial charge in [-0.15, -0.1) is 0 Å². The summed E-state index contributed by atoms with van der Waals surface area (Å²) in [5.74, 6) is 0. The van der Waals surface area contributed by atoms with E-state index in [2.05, 4.69) is 0 Å². The standard InChI is InChI=1S/C17H24O8/c18-5-1-9-22-13-17(14-23-10-2-6-19,15-24-11-3-7-20)16-25-12-4-8-21/h1-4,9-16H2/q+4. The van der Waals surface area contributed by atoms with E-state index in [-0.39, 0.29) is 78.5 Å². The van der Waals surface area contributed by atoms with E-state index < -0.39 is 5.41 Å². The first kappa shape index (κ1) is 23.8. The second-order valence-electron chi connectivity index (χ2n) is 5.29. The van der Waals surface area contributed by atoms with Crippen LogP contribution in [0.3, 0.4) is 0 Å². The van der Waals surface area contributed by atoms with E-state index in [0.717, 1.165) is 0 Å². The summed E-state index contributed by atoms with van der Waals surface area (Å²) in [5.41, 5.74) is -0.711. The van der Waals surface area contributed by atoms with Gasteiger partial charge in [-0.3, -0.25) is 0 Å². The molecule has 0 aliphatic carbocycles. The quantitative estimate of drug-likeness (QED) is 0.305. The fourth-order valence-electron chi connectivity index (χ4n) is 1.86. The summed E-state index contributed by atoms with van der Waals surface area (Å²) in [4.78, 5) is 0. The van der Waals surface area contributed by atoms with Gasteiger partial charge in [0, 0.05) is 0 Å². The second kappa shape index (κ2) is 17.6. The van der Waals surface area contributed by atoms with Crippen molar-refractivity contribution in [1.82, 2.24) is 0 Å². The van der Waals surface area contributed by atoms with E-state index in [1.807, 2.05) is 0 Å². The first-order valence-electron chi connectivity index (χ1n) is 7.95. The Kier molecular flexibility index (Phi) is 16.8. The molecule has 0 atom stereocenters. The molecule has 0 heterocycles. The van der Waals surface area contributed by atoms with Crippen LogP contribution in [0.5, 0.6) is 0 Å². The number of hydrogen-bond donors (Lipinski definition) is 0. The fourth-order valence-corrected chi connectivity index (χ4v) is 1.86. The summed E-state index contributed by atoms with van der Waals surface area (Å²) in [6.07, 6.45) is 7.50. The number of rotatable bonds is 16. The number of ether oxygens (including phenoxy) is 4. The average molecular weight is 356 g/mol. The fraction of sp³-hybridized carbons (Fsp3) is 0.765. The Bertz CT molecular complexity index is 397. The van der Waals surface area contributed by atoms with Gasteiger partial charge in [0.1, 0.15) is 0 Å². The third kappa shape index (κ3) is 13.7. The Morgan fingerprint density at radius 3 is 0.920 bits per heavy atom. The first-order valence-corrected chi connectivity index (χ1v) is 7.95. The van der Waals surface area contributed by atoms with Crippen molar-refractivity contribution < 1.29 is 37.6 Å². The van der Waals surface area contributed by atoms with Crippen LogP contribution in [0.1, 0.15) is 25.7 Å². The van der Waals surface area contributed by atoms with Gasteiger partial charge >= 0.3 is 146 Å². The molecule has 8 heteroatoms. The minimum absolute atomic E-state index is 0.138. The third-order valence-corrected chi connectivity index (χ3v) is 3.03. The van der Waals surface area contributed by atoms with Gasteiger partial charge in [0.15, 0.2) is 0 Å². The zero-order valence-electron chi connectivity index (χ0n) is 14.3. The molecule has 25 heavy (non-hydrogen) atoms. The van der Waals surface area contributed by atoms with Crippen molar-refractivity contribution in [3.63, 3.8) is 0 Å². The Balaban J connectivity index is 4.75. The molecule has 0 amide bonds. The van der Waals surface area contributed by atoms with Crippen molar-refractivity contribution in [2.75, 3.05) is 52.9 Å². The van der Waals surface area contributed by atoms with Gasteiger partial charge in [-0.1, -0.05) is 0 Å². The summed E-state index contributed by atoms with van der Waals surface area (Å²) in [7, 11) is 0. The van der Waals surface area contributed by atoms with E-state index in [0.29, 0.717) is 0 Å². The SMILES string of the molecule is [O+]#CCCOCC(COCCC#[O+])(COCCC#[O+])COCCC#[O+]. The van der Waals surface area contributed by atoms with Crippen molar-refractivity contribution in [1.29, 1.82) is 0 Å². The van der Waals surface area contributed by atoms with Crippen molar-refractivity contribution >= 4 is 0 Å². The van der Waals surface area contributed by atoms with Crippen LogP contribution in [0.4, 0.5) is 0 Å². The molecule has 0 radical (unpaired) electrons. The van der Waals surface area contributed by atoms with Crippen LogP contribution in [0.15, 0.2) is 0 Å². The topological polar surface area (TPSA) is 117 Å². The molecule has 0 saturated heterocycles. The van der Waals surface area contributed by atoms with Crippen LogP contribution >= 0.6 is 0 Å². The monoisotopic (exact) mass is 356 g/mol. The summed E-state index contributed by atoms with van der Waals surface area (Å²) < 4.78 is 63.0.